The lowest BCUT2D eigenvalue weighted by Gasteiger charge is -2.39. The van der Waals surface area contributed by atoms with Crippen molar-refractivity contribution in [2.45, 2.75) is 44.2 Å². The number of methoxy groups -OCH3 is 1. The molecule has 0 saturated heterocycles. The van der Waals surface area contributed by atoms with Gasteiger partial charge in [0.05, 0.1) is 11.6 Å². The predicted molar refractivity (Wildman–Crippen MR) is 59.8 cm³/mol. The summed E-state index contributed by atoms with van der Waals surface area (Å²) in [5.41, 5.74) is 5.78. The molecule has 15 heavy (non-hydrogen) atoms. The van der Waals surface area contributed by atoms with Crippen molar-refractivity contribution in [1.29, 1.82) is 0 Å². The third-order valence-corrected chi connectivity index (χ3v) is 4.17. The van der Waals surface area contributed by atoms with Crippen molar-refractivity contribution < 1.29 is 4.74 Å². The maximum absolute atomic E-state index is 5.75. The standard InChI is InChI=1S/C10H17N3OS/c1-7(11)9-13-12-8(15-9)6-10(14-2)4-3-5-10/h7H,3-6,11H2,1-2H3. The molecule has 1 atom stereocenters. The Balaban J connectivity index is 2.04. The van der Waals surface area contributed by atoms with Crippen LogP contribution in [0.2, 0.25) is 0 Å². The number of ether oxygens (including phenoxy) is 1. The van der Waals surface area contributed by atoms with E-state index in [1.54, 1.807) is 18.4 Å². The zero-order valence-electron chi connectivity index (χ0n) is 9.19. The summed E-state index contributed by atoms with van der Waals surface area (Å²) >= 11 is 1.61. The van der Waals surface area contributed by atoms with Crippen LogP contribution in [0.3, 0.4) is 0 Å². The molecule has 0 amide bonds. The van der Waals surface area contributed by atoms with Crippen LogP contribution in [0.5, 0.6) is 0 Å². The van der Waals surface area contributed by atoms with Gasteiger partial charge in [0.1, 0.15) is 10.0 Å². The molecule has 0 aliphatic heterocycles. The second-order valence-corrected chi connectivity index (χ2v) is 5.33. The zero-order valence-corrected chi connectivity index (χ0v) is 10.0. The van der Waals surface area contributed by atoms with Crippen LogP contribution in [0.1, 0.15) is 42.2 Å². The van der Waals surface area contributed by atoms with Gasteiger partial charge in [0.2, 0.25) is 0 Å². The summed E-state index contributed by atoms with van der Waals surface area (Å²) in [6.45, 7) is 1.93. The van der Waals surface area contributed by atoms with Gasteiger partial charge in [-0.3, -0.25) is 0 Å². The summed E-state index contributed by atoms with van der Waals surface area (Å²) in [4.78, 5) is 0. The second-order valence-electron chi connectivity index (χ2n) is 4.24. The lowest BCUT2D eigenvalue weighted by Crippen LogP contribution is -2.41. The van der Waals surface area contributed by atoms with Crippen molar-refractivity contribution >= 4 is 11.3 Å². The summed E-state index contributed by atoms with van der Waals surface area (Å²) in [7, 11) is 1.78. The predicted octanol–water partition coefficient (Wildman–Crippen LogP) is 1.67. The Morgan fingerprint density at radius 2 is 2.27 bits per heavy atom. The molecule has 1 aliphatic rings. The Kier molecular flexibility index (Phi) is 3.04. The molecule has 4 nitrogen and oxygen atoms in total. The fourth-order valence-electron chi connectivity index (χ4n) is 1.82. The number of hydrogen-bond donors (Lipinski definition) is 1. The quantitative estimate of drug-likeness (QED) is 0.850. The number of aromatic nitrogens is 2. The fourth-order valence-corrected chi connectivity index (χ4v) is 2.75. The van der Waals surface area contributed by atoms with Crippen LogP contribution in [0.15, 0.2) is 0 Å². The second kappa shape index (κ2) is 4.15. The first-order valence-electron chi connectivity index (χ1n) is 5.28. The molecule has 1 fully saturated rings. The van der Waals surface area contributed by atoms with E-state index in [1.165, 1.54) is 6.42 Å². The van der Waals surface area contributed by atoms with Gasteiger partial charge >= 0.3 is 0 Å². The van der Waals surface area contributed by atoms with Crippen molar-refractivity contribution in [3.05, 3.63) is 10.0 Å². The minimum atomic E-state index is -0.0175. The summed E-state index contributed by atoms with van der Waals surface area (Å²) < 4.78 is 5.56. The number of rotatable bonds is 4. The van der Waals surface area contributed by atoms with E-state index >= 15 is 0 Å². The molecule has 1 saturated carbocycles. The van der Waals surface area contributed by atoms with E-state index in [2.05, 4.69) is 10.2 Å². The summed E-state index contributed by atoms with van der Waals surface area (Å²) in [6, 6.07) is -0.0175. The molecule has 1 aliphatic carbocycles. The average Bonchev–Trinajstić information content (AvgIpc) is 2.59. The molecule has 0 radical (unpaired) electrons. The van der Waals surface area contributed by atoms with Gasteiger partial charge < -0.3 is 10.5 Å². The van der Waals surface area contributed by atoms with E-state index in [4.69, 9.17) is 10.5 Å². The van der Waals surface area contributed by atoms with Crippen LogP contribution in [0.25, 0.3) is 0 Å². The number of nitrogens with zero attached hydrogens (tertiary/aromatic N) is 2. The molecule has 2 rings (SSSR count). The third kappa shape index (κ3) is 2.19. The summed E-state index contributed by atoms with van der Waals surface area (Å²) in [6.07, 6.45) is 4.41. The highest BCUT2D eigenvalue weighted by molar-refractivity contribution is 7.11. The Hall–Kier alpha value is -0.520. The average molecular weight is 227 g/mol. The van der Waals surface area contributed by atoms with Crippen LogP contribution in [0.4, 0.5) is 0 Å². The van der Waals surface area contributed by atoms with Gasteiger partial charge in [-0.2, -0.15) is 0 Å². The largest absolute Gasteiger partial charge is 0.378 e. The molecule has 0 spiro atoms. The molecule has 1 heterocycles. The Bertz CT molecular complexity index is 328. The number of hydrogen-bond acceptors (Lipinski definition) is 5. The van der Waals surface area contributed by atoms with E-state index in [1.807, 2.05) is 6.92 Å². The first-order valence-corrected chi connectivity index (χ1v) is 6.10. The Morgan fingerprint density at radius 3 is 2.67 bits per heavy atom. The molecule has 1 aromatic heterocycles. The van der Waals surface area contributed by atoms with Crippen molar-refractivity contribution in [1.82, 2.24) is 10.2 Å². The lowest BCUT2D eigenvalue weighted by atomic mass is 9.78. The molecule has 0 bridgehead atoms. The van der Waals surface area contributed by atoms with E-state index in [-0.39, 0.29) is 11.6 Å². The molecule has 84 valence electrons. The summed E-state index contributed by atoms with van der Waals surface area (Å²) in [5.74, 6) is 0. The molecule has 0 aromatic carbocycles. The van der Waals surface area contributed by atoms with Gasteiger partial charge in [-0.25, -0.2) is 0 Å². The van der Waals surface area contributed by atoms with E-state index in [0.29, 0.717) is 0 Å². The number of nitrogens with two attached hydrogens (primary N) is 1. The van der Waals surface area contributed by atoms with Gasteiger partial charge in [0.25, 0.3) is 0 Å². The molecule has 2 N–H and O–H groups in total. The minimum Gasteiger partial charge on any atom is -0.378 e. The van der Waals surface area contributed by atoms with Crippen molar-refractivity contribution in [3.8, 4) is 0 Å². The van der Waals surface area contributed by atoms with Gasteiger partial charge in [-0.1, -0.05) is 11.3 Å². The van der Waals surface area contributed by atoms with Crippen molar-refractivity contribution in [3.63, 3.8) is 0 Å². The Morgan fingerprint density at radius 1 is 1.53 bits per heavy atom. The molecular formula is C10H17N3OS. The van der Waals surface area contributed by atoms with Gasteiger partial charge in [0.15, 0.2) is 0 Å². The maximum atomic E-state index is 5.75. The maximum Gasteiger partial charge on any atom is 0.133 e. The first kappa shape index (κ1) is 11.0. The SMILES string of the molecule is COC1(Cc2nnc(C(C)N)s2)CCC1. The van der Waals surface area contributed by atoms with Crippen LogP contribution >= 0.6 is 11.3 Å². The third-order valence-electron chi connectivity index (χ3n) is 3.04. The molecule has 1 unspecified atom stereocenters. The van der Waals surface area contributed by atoms with Crippen LogP contribution in [-0.4, -0.2) is 22.9 Å². The molecule has 1 aromatic rings. The van der Waals surface area contributed by atoms with Crippen molar-refractivity contribution in [2.75, 3.05) is 7.11 Å². The first-order chi connectivity index (χ1) is 7.15. The van der Waals surface area contributed by atoms with Crippen LogP contribution in [0, 0.1) is 0 Å². The highest BCUT2D eigenvalue weighted by atomic mass is 32.1. The highest BCUT2D eigenvalue weighted by Gasteiger charge is 2.38. The Labute approximate surface area is 93.8 Å². The summed E-state index contributed by atoms with van der Waals surface area (Å²) in [5, 5.41) is 10.2. The lowest BCUT2D eigenvalue weighted by molar-refractivity contribution is -0.0709. The molecule has 5 heteroatoms. The van der Waals surface area contributed by atoms with E-state index in [9.17, 15) is 0 Å². The monoisotopic (exact) mass is 227 g/mol. The van der Waals surface area contributed by atoms with E-state index in [0.717, 1.165) is 29.3 Å². The van der Waals surface area contributed by atoms with Gasteiger partial charge in [0, 0.05) is 13.5 Å². The van der Waals surface area contributed by atoms with Gasteiger partial charge in [-0.15, -0.1) is 10.2 Å². The van der Waals surface area contributed by atoms with Crippen molar-refractivity contribution in [2.24, 2.45) is 5.73 Å². The normalized spacial score (nSPS) is 21.0. The van der Waals surface area contributed by atoms with E-state index < -0.39 is 0 Å². The topological polar surface area (TPSA) is 61.0 Å². The van der Waals surface area contributed by atoms with Crippen LogP contribution in [-0.2, 0) is 11.2 Å². The smallest absolute Gasteiger partial charge is 0.133 e. The van der Waals surface area contributed by atoms with Crippen LogP contribution < -0.4 is 5.73 Å². The van der Waals surface area contributed by atoms with Gasteiger partial charge in [-0.05, 0) is 26.2 Å². The molecular weight excluding hydrogens is 210 g/mol. The fraction of sp³-hybridized carbons (Fsp3) is 0.800. The zero-order chi connectivity index (χ0) is 10.9. The highest BCUT2D eigenvalue weighted by Crippen LogP contribution is 2.38. The minimum absolute atomic E-state index is 0.0175.